The lowest BCUT2D eigenvalue weighted by Crippen LogP contribution is -2.45. The maximum absolute atomic E-state index is 4.70. The van der Waals surface area contributed by atoms with Crippen molar-refractivity contribution in [2.24, 2.45) is 0 Å². The maximum Gasteiger partial charge on any atom is 0.137 e. The summed E-state index contributed by atoms with van der Waals surface area (Å²) in [6.45, 7) is 8.49. The van der Waals surface area contributed by atoms with E-state index in [1.54, 1.807) is 11.3 Å². The molecule has 0 N–H and O–H groups in total. The highest BCUT2D eigenvalue weighted by Gasteiger charge is 2.18. The van der Waals surface area contributed by atoms with Crippen LogP contribution in [-0.4, -0.2) is 50.3 Å². The molecule has 0 aromatic carbocycles. The van der Waals surface area contributed by atoms with Crippen molar-refractivity contribution in [1.82, 2.24) is 24.2 Å². The number of fused-ring (bicyclic) bond motifs is 1. The standard InChI is InChI=1S/C18H23N5S/c1-2-18-20-16(14-24-18)12-22-9-7-21(8-10-22)11-15-13-23-6-4-3-5-17(23)19-15/h3-6,13-14H,2,7-12H2,1H3. The molecule has 1 fully saturated rings. The zero-order valence-corrected chi connectivity index (χ0v) is 14.9. The van der Waals surface area contributed by atoms with Gasteiger partial charge in [0.25, 0.3) is 0 Å². The van der Waals surface area contributed by atoms with Crippen molar-refractivity contribution >= 4 is 17.0 Å². The van der Waals surface area contributed by atoms with E-state index in [2.05, 4.69) is 49.9 Å². The van der Waals surface area contributed by atoms with Crippen molar-refractivity contribution < 1.29 is 0 Å². The minimum Gasteiger partial charge on any atom is -0.307 e. The quantitative estimate of drug-likeness (QED) is 0.715. The van der Waals surface area contributed by atoms with Crippen LogP contribution in [-0.2, 0) is 19.5 Å². The number of nitrogens with zero attached hydrogens (tertiary/aromatic N) is 5. The molecule has 0 aliphatic carbocycles. The Morgan fingerprint density at radius 1 is 1.00 bits per heavy atom. The number of rotatable bonds is 5. The van der Waals surface area contributed by atoms with E-state index in [0.29, 0.717) is 0 Å². The van der Waals surface area contributed by atoms with Crippen LogP contribution in [0.2, 0.25) is 0 Å². The molecule has 5 nitrogen and oxygen atoms in total. The van der Waals surface area contributed by atoms with Crippen LogP contribution in [0.3, 0.4) is 0 Å². The Morgan fingerprint density at radius 3 is 2.42 bits per heavy atom. The second-order valence-electron chi connectivity index (χ2n) is 6.34. The largest absolute Gasteiger partial charge is 0.307 e. The first-order valence-corrected chi connectivity index (χ1v) is 9.49. The van der Waals surface area contributed by atoms with Crippen molar-refractivity contribution in [3.63, 3.8) is 0 Å². The number of imidazole rings is 1. The van der Waals surface area contributed by atoms with Crippen LogP contribution in [0.1, 0.15) is 23.3 Å². The van der Waals surface area contributed by atoms with Gasteiger partial charge in [-0.2, -0.15) is 0 Å². The van der Waals surface area contributed by atoms with E-state index in [4.69, 9.17) is 4.98 Å². The van der Waals surface area contributed by atoms with E-state index in [0.717, 1.165) is 57.0 Å². The Bertz CT molecular complexity index is 767. The SMILES string of the molecule is CCc1nc(CN2CCN(Cc3cn4ccccc4n3)CC2)cs1. The van der Waals surface area contributed by atoms with E-state index in [1.807, 2.05) is 12.1 Å². The Hall–Kier alpha value is -1.76. The van der Waals surface area contributed by atoms with Gasteiger partial charge in [-0.15, -0.1) is 11.3 Å². The van der Waals surface area contributed by atoms with Gasteiger partial charge in [-0.1, -0.05) is 13.0 Å². The minimum absolute atomic E-state index is 0.937. The Morgan fingerprint density at radius 2 is 1.75 bits per heavy atom. The lowest BCUT2D eigenvalue weighted by atomic mass is 10.3. The fourth-order valence-corrected chi connectivity index (χ4v) is 3.95. The molecule has 6 heteroatoms. The molecule has 0 radical (unpaired) electrons. The zero-order chi connectivity index (χ0) is 16.4. The number of aromatic nitrogens is 3. The molecule has 4 heterocycles. The van der Waals surface area contributed by atoms with Crippen molar-refractivity contribution in [3.8, 4) is 0 Å². The lowest BCUT2D eigenvalue weighted by molar-refractivity contribution is 0.120. The summed E-state index contributed by atoms with van der Waals surface area (Å²) >= 11 is 1.78. The van der Waals surface area contributed by atoms with Crippen molar-refractivity contribution in [3.05, 3.63) is 52.4 Å². The molecule has 3 aromatic rings. The highest BCUT2D eigenvalue weighted by atomic mass is 32.1. The third-order valence-electron chi connectivity index (χ3n) is 4.55. The Kier molecular flexibility index (Phi) is 4.60. The van der Waals surface area contributed by atoms with Gasteiger partial charge in [0, 0.05) is 57.0 Å². The molecule has 3 aromatic heterocycles. The fraction of sp³-hybridized carbons (Fsp3) is 0.444. The van der Waals surface area contributed by atoms with Gasteiger partial charge in [-0.05, 0) is 18.6 Å². The molecule has 1 aliphatic rings. The predicted octanol–water partition coefficient (Wildman–Crippen LogP) is 2.67. The molecule has 0 spiro atoms. The fourth-order valence-electron chi connectivity index (χ4n) is 3.21. The molecule has 0 saturated carbocycles. The highest BCUT2D eigenvalue weighted by Crippen LogP contribution is 2.15. The molecule has 0 atom stereocenters. The van der Waals surface area contributed by atoms with Crippen LogP contribution in [0.15, 0.2) is 36.0 Å². The van der Waals surface area contributed by atoms with E-state index in [-0.39, 0.29) is 0 Å². The minimum atomic E-state index is 0.937. The molecular weight excluding hydrogens is 318 g/mol. The molecule has 126 valence electrons. The topological polar surface area (TPSA) is 36.7 Å². The van der Waals surface area contributed by atoms with E-state index in [1.165, 1.54) is 10.7 Å². The first kappa shape index (κ1) is 15.7. The Labute approximate surface area is 146 Å². The van der Waals surface area contributed by atoms with Gasteiger partial charge in [0.1, 0.15) is 5.65 Å². The molecule has 0 bridgehead atoms. The van der Waals surface area contributed by atoms with Crippen LogP contribution in [0.4, 0.5) is 0 Å². The van der Waals surface area contributed by atoms with E-state index >= 15 is 0 Å². The zero-order valence-electron chi connectivity index (χ0n) is 14.1. The van der Waals surface area contributed by atoms with Crippen LogP contribution >= 0.6 is 11.3 Å². The summed E-state index contributed by atoms with van der Waals surface area (Å²) in [7, 11) is 0. The van der Waals surface area contributed by atoms with E-state index in [9.17, 15) is 0 Å². The van der Waals surface area contributed by atoms with Crippen molar-refractivity contribution in [1.29, 1.82) is 0 Å². The van der Waals surface area contributed by atoms with Crippen LogP contribution < -0.4 is 0 Å². The average molecular weight is 341 g/mol. The first-order chi connectivity index (χ1) is 11.8. The normalized spacial score (nSPS) is 16.9. The van der Waals surface area contributed by atoms with Gasteiger partial charge in [-0.3, -0.25) is 9.80 Å². The number of hydrogen-bond donors (Lipinski definition) is 0. The summed E-state index contributed by atoms with van der Waals surface area (Å²) in [6.07, 6.45) is 5.24. The number of thiazole rings is 1. The van der Waals surface area contributed by atoms with Gasteiger partial charge in [0.15, 0.2) is 0 Å². The van der Waals surface area contributed by atoms with Gasteiger partial charge in [0.2, 0.25) is 0 Å². The highest BCUT2D eigenvalue weighted by molar-refractivity contribution is 7.09. The maximum atomic E-state index is 4.70. The summed E-state index contributed by atoms with van der Waals surface area (Å²) in [4.78, 5) is 14.4. The van der Waals surface area contributed by atoms with Gasteiger partial charge in [-0.25, -0.2) is 9.97 Å². The summed E-state index contributed by atoms with van der Waals surface area (Å²) in [5.74, 6) is 0. The predicted molar refractivity (Wildman–Crippen MR) is 97.2 cm³/mol. The first-order valence-electron chi connectivity index (χ1n) is 8.61. The molecule has 4 rings (SSSR count). The van der Waals surface area contributed by atoms with Crippen LogP contribution in [0, 0.1) is 0 Å². The molecule has 0 amide bonds. The third kappa shape index (κ3) is 3.50. The Balaban J connectivity index is 1.31. The summed E-state index contributed by atoms with van der Waals surface area (Å²) < 4.78 is 2.10. The summed E-state index contributed by atoms with van der Waals surface area (Å²) in [6, 6.07) is 6.13. The van der Waals surface area contributed by atoms with Gasteiger partial charge >= 0.3 is 0 Å². The third-order valence-corrected chi connectivity index (χ3v) is 5.59. The number of piperazine rings is 1. The molecule has 1 aliphatic heterocycles. The molecule has 0 unspecified atom stereocenters. The second kappa shape index (κ2) is 7.01. The average Bonchev–Trinajstić information content (AvgIpc) is 3.22. The second-order valence-corrected chi connectivity index (χ2v) is 7.28. The molecular formula is C18H23N5S. The van der Waals surface area contributed by atoms with Gasteiger partial charge in [0.05, 0.1) is 16.4 Å². The van der Waals surface area contributed by atoms with Crippen molar-refractivity contribution in [2.45, 2.75) is 26.4 Å². The van der Waals surface area contributed by atoms with Crippen LogP contribution in [0.5, 0.6) is 0 Å². The van der Waals surface area contributed by atoms with Crippen LogP contribution in [0.25, 0.3) is 5.65 Å². The number of hydrogen-bond acceptors (Lipinski definition) is 5. The lowest BCUT2D eigenvalue weighted by Gasteiger charge is -2.33. The van der Waals surface area contributed by atoms with Gasteiger partial charge < -0.3 is 4.40 Å². The number of pyridine rings is 1. The van der Waals surface area contributed by atoms with E-state index < -0.39 is 0 Å². The number of aryl methyl sites for hydroxylation is 1. The molecule has 24 heavy (non-hydrogen) atoms. The summed E-state index contributed by atoms with van der Waals surface area (Å²) in [5.41, 5.74) is 3.41. The summed E-state index contributed by atoms with van der Waals surface area (Å²) in [5, 5.41) is 3.46. The van der Waals surface area contributed by atoms with Crippen molar-refractivity contribution in [2.75, 3.05) is 26.2 Å². The molecule has 1 saturated heterocycles. The smallest absolute Gasteiger partial charge is 0.137 e. The monoisotopic (exact) mass is 341 g/mol.